The van der Waals surface area contributed by atoms with Gasteiger partial charge in [0.15, 0.2) is 0 Å². The fourth-order valence-electron chi connectivity index (χ4n) is 5.51. The second-order valence-electron chi connectivity index (χ2n) is 9.80. The molecule has 36 heavy (non-hydrogen) atoms. The average Bonchev–Trinajstić information content (AvgIpc) is 3.34. The smallest absolute Gasteiger partial charge is 0.248 e. The monoisotopic (exact) mass is 476 g/mol. The second kappa shape index (κ2) is 9.21. The number of rotatable bonds is 5. The first-order valence-electron chi connectivity index (χ1n) is 12.5. The van der Waals surface area contributed by atoms with Crippen molar-refractivity contribution in [2.75, 3.05) is 0 Å². The largest absolute Gasteiger partial charge is 0.393 e. The van der Waals surface area contributed by atoms with Crippen molar-refractivity contribution in [1.29, 1.82) is 0 Å². The Morgan fingerprint density at radius 3 is 2.64 bits per heavy atom. The Bertz CT molecular complexity index is 1580. The van der Waals surface area contributed by atoms with E-state index in [-0.39, 0.29) is 6.10 Å². The Labute approximate surface area is 209 Å². The first-order valence-corrected chi connectivity index (χ1v) is 12.5. The van der Waals surface area contributed by atoms with Gasteiger partial charge < -0.3 is 10.8 Å². The number of aromatic nitrogens is 3. The van der Waals surface area contributed by atoms with Crippen LogP contribution in [-0.2, 0) is 6.42 Å². The van der Waals surface area contributed by atoms with Crippen LogP contribution in [0.25, 0.3) is 38.6 Å². The van der Waals surface area contributed by atoms with Crippen molar-refractivity contribution in [3.8, 4) is 16.8 Å². The molecule has 6 rings (SSSR count). The number of aliphatic hydroxyl groups is 1. The number of nitrogens with two attached hydrogens (primary N) is 1. The summed E-state index contributed by atoms with van der Waals surface area (Å²) in [5.41, 5.74) is 12.2. The maximum atomic E-state index is 12.2. The van der Waals surface area contributed by atoms with Crippen LogP contribution in [0.1, 0.15) is 41.6 Å². The van der Waals surface area contributed by atoms with Gasteiger partial charge in [-0.2, -0.15) is 5.10 Å². The van der Waals surface area contributed by atoms with Crippen LogP contribution in [0.2, 0.25) is 0 Å². The maximum absolute atomic E-state index is 12.2. The molecule has 1 saturated carbocycles. The standard InChI is InChI=1S/C30H28N4O2/c31-30(36)26-13-10-23(16-21(26)14-19-8-11-24(35)12-9-19)34-29-7-3-5-25(27(29)18-33-34)22-15-20-4-1-2-6-28(20)32-17-22/h1-7,10,13,15-19,24,35H,8-9,11-12,14H2,(H2,31,36). The molecule has 3 aromatic carbocycles. The highest BCUT2D eigenvalue weighted by Crippen LogP contribution is 2.33. The van der Waals surface area contributed by atoms with E-state index in [1.54, 1.807) is 0 Å². The number of hydrogen-bond donors (Lipinski definition) is 2. The Morgan fingerprint density at radius 2 is 1.81 bits per heavy atom. The maximum Gasteiger partial charge on any atom is 0.248 e. The van der Waals surface area contributed by atoms with Crippen LogP contribution < -0.4 is 5.73 Å². The lowest BCUT2D eigenvalue weighted by Gasteiger charge is -2.26. The zero-order valence-corrected chi connectivity index (χ0v) is 20.0. The number of hydrogen-bond acceptors (Lipinski definition) is 4. The van der Waals surface area contributed by atoms with Gasteiger partial charge in [-0.05, 0) is 85.5 Å². The minimum Gasteiger partial charge on any atom is -0.393 e. The Hall–Kier alpha value is -4.03. The molecule has 0 spiro atoms. The number of primary amides is 1. The van der Waals surface area contributed by atoms with E-state index in [4.69, 9.17) is 10.8 Å². The van der Waals surface area contributed by atoms with E-state index < -0.39 is 5.91 Å². The highest BCUT2D eigenvalue weighted by molar-refractivity contribution is 5.97. The summed E-state index contributed by atoms with van der Waals surface area (Å²) in [5, 5.41) is 16.7. The summed E-state index contributed by atoms with van der Waals surface area (Å²) < 4.78 is 1.92. The molecule has 1 fully saturated rings. The van der Waals surface area contributed by atoms with Crippen LogP contribution >= 0.6 is 0 Å². The molecule has 5 aromatic rings. The van der Waals surface area contributed by atoms with Gasteiger partial charge in [0, 0.05) is 28.1 Å². The average molecular weight is 477 g/mol. The molecule has 1 aliphatic carbocycles. The van der Waals surface area contributed by atoms with Gasteiger partial charge >= 0.3 is 0 Å². The van der Waals surface area contributed by atoms with E-state index in [2.05, 4.69) is 29.2 Å². The second-order valence-corrected chi connectivity index (χ2v) is 9.80. The Kier molecular flexibility index (Phi) is 5.74. The van der Waals surface area contributed by atoms with E-state index in [9.17, 15) is 9.90 Å². The number of carbonyl (C=O) groups excluding carboxylic acids is 1. The molecular formula is C30H28N4O2. The number of para-hydroxylation sites is 1. The summed E-state index contributed by atoms with van der Waals surface area (Å²) in [6.07, 6.45) is 7.91. The van der Waals surface area contributed by atoms with Crippen LogP contribution in [0.4, 0.5) is 0 Å². The molecule has 0 aliphatic heterocycles. The van der Waals surface area contributed by atoms with Crippen LogP contribution in [0.5, 0.6) is 0 Å². The minimum absolute atomic E-state index is 0.203. The van der Waals surface area contributed by atoms with E-state index in [0.717, 1.165) is 76.3 Å². The van der Waals surface area contributed by atoms with Crippen LogP contribution in [0, 0.1) is 5.92 Å². The van der Waals surface area contributed by atoms with Gasteiger partial charge in [-0.3, -0.25) is 9.78 Å². The number of fused-ring (bicyclic) bond motifs is 2. The number of amides is 1. The number of pyridine rings is 1. The molecule has 6 nitrogen and oxygen atoms in total. The van der Waals surface area contributed by atoms with Crippen molar-refractivity contribution < 1.29 is 9.90 Å². The summed E-state index contributed by atoms with van der Waals surface area (Å²) >= 11 is 0. The number of nitrogens with zero attached hydrogens (tertiary/aromatic N) is 3. The molecule has 2 aromatic heterocycles. The van der Waals surface area contributed by atoms with Gasteiger partial charge in [-0.1, -0.05) is 30.3 Å². The number of benzene rings is 3. The van der Waals surface area contributed by atoms with Crippen LogP contribution in [0.3, 0.4) is 0 Å². The van der Waals surface area contributed by atoms with E-state index in [1.807, 2.05) is 59.5 Å². The molecule has 180 valence electrons. The van der Waals surface area contributed by atoms with Crippen molar-refractivity contribution in [1.82, 2.24) is 14.8 Å². The van der Waals surface area contributed by atoms with Crippen molar-refractivity contribution in [2.45, 2.75) is 38.2 Å². The normalized spacial score (nSPS) is 18.0. The zero-order chi connectivity index (χ0) is 24.6. The van der Waals surface area contributed by atoms with Crippen molar-refractivity contribution in [3.05, 3.63) is 90.3 Å². The SMILES string of the molecule is NC(=O)c1ccc(-n2ncc3c(-c4cnc5ccccc5c4)cccc32)cc1CC1CCC(O)CC1. The molecule has 0 atom stereocenters. The van der Waals surface area contributed by atoms with Crippen molar-refractivity contribution >= 4 is 27.7 Å². The van der Waals surface area contributed by atoms with Gasteiger partial charge in [0.1, 0.15) is 0 Å². The quantitative estimate of drug-likeness (QED) is 0.353. The zero-order valence-electron chi connectivity index (χ0n) is 20.0. The molecule has 0 saturated heterocycles. The lowest BCUT2D eigenvalue weighted by molar-refractivity contribution is 0.0994. The summed E-state index contributed by atoms with van der Waals surface area (Å²) in [5.74, 6) is 0.0203. The van der Waals surface area contributed by atoms with Gasteiger partial charge in [0.05, 0.1) is 29.0 Å². The molecule has 0 bridgehead atoms. The van der Waals surface area contributed by atoms with Gasteiger partial charge in [0.2, 0.25) is 5.91 Å². The summed E-state index contributed by atoms with van der Waals surface area (Å²) in [4.78, 5) is 16.8. The molecular weight excluding hydrogens is 448 g/mol. The predicted molar refractivity (Wildman–Crippen MR) is 142 cm³/mol. The van der Waals surface area contributed by atoms with Gasteiger partial charge in [0.25, 0.3) is 0 Å². The fraction of sp³-hybridized carbons (Fsp3) is 0.233. The molecule has 3 N–H and O–H groups in total. The van der Waals surface area contributed by atoms with E-state index >= 15 is 0 Å². The van der Waals surface area contributed by atoms with Gasteiger partial charge in [-0.25, -0.2) is 4.68 Å². The minimum atomic E-state index is -0.413. The molecule has 1 aliphatic rings. The third-order valence-electron chi connectivity index (χ3n) is 7.44. The summed E-state index contributed by atoms with van der Waals surface area (Å²) in [6.45, 7) is 0. The molecule has 1 amide bonds. The topological polar surface area (TPSA) is 94.0 Å². The first kappa shape index (κ1) is 22.4. The molecule has 0 unspecified atom stereocenters. The molecule has 0 radical (unpaired) electrons. The van der Waals surface area contributed by atoms with Crippen molar-refractivity contribution in [2.24, 2.45) is 11.7 Å². The third kappa shape index (κ3) is 4.14. The van der Waals surface area contributed by atoms with E-state index in [0.29, 0.717) is 11.5 Å². The number of aliphatic hydroxyl groups excluding tert-OH is 1. The Morgan fingerprint density at radius 1 is 0.972 bits per heavy atom. The van der Waals surface area contributed by atoms with E-state index in [1.165, 1.54) is 0 Å². The highest BCUT2D eigenvalue weighted by atomic mass is 16.3. The molecule has 2 heterocycles. The fourth-order valence-corrected chi connectivity index (χ4v) is 5.51. The summed E-state index contributed by atoms with van der Waals surface area (Å²) in [6, 6.07) is 22.2. The highest BCUT2D eigenvalue weighted by Gasteiger charge is 2.22. The summed E-state index contributed by atoms with van der Waals surface area (Å²) in [7, 11) is 0. The van der Waals surface area contributed by atoms with Crippen molar-refractivity contribution in [3.63, 3.8) is 0 Å². The first-order chi connectivity index (χ1) is 17.6. The Balaban J connectivity index is 1.40. The third-order valence-corrected chi connectivity index (χ3v) is 7.44. The lowest BCUT2D eigenvalue weighted by Crippen LogP contribution is -2.21. The predicted octanol–water partition coefficient (Wildman–Crippen LogP) is 5.43. The molecule has 6 heteroatoms. The van der Waals surface area contributed by atoms with Gasteiger partial charge in [-0.15, -0.1) is 0 Å². The number of carbonyl (C=O) groups is 1. The lowest BCUT2D eigenvalue weighted by atomic mass is 9.82. The van der Waals surface area contributed by atoms with Crippen LogP contribution in [-0.4, -0.2) is 31.9 Å². The van der Waals surface area contributed by atoms with Crippen LogP contribution in [0.15, 0.2) is 79.1 Å².